The van der Waals surface area contributed by atoms with E-state index in [2.05, 4.69) is 11.9 Å². The highest BCUT2D eigenvalue weighted by Crippen LogP contribution is 2.27. The van der Waals surface area contributed by atoms with Gasteiger partial charge in [-0.1, -0.05) is 36.7 Å². The van der Waals surface area contributed by atoms with Crippen LogP contribution in [0.25, 0.3) is 10.9 Å². The van der Waals surface area contributed by atoms with Gasteiger partial charge in [0.1, 0.15) is 5.69 Å². The first kappa shape index (κ1) is 15.9. The Morgan fingerprint density at radius 3 is 2.70 bits per heavy atom. The Morgan fingerprint density at radius 2 is 2.00 bits per heavy atom. The molecule has 0 radical (unpaired) electrons. The molecule has 2 aromatic rings. The van der Waals surface area contributed by atoms with Crippen LogP contribution in [0.5, 0.6) is 0 Å². The predicted octanol–water partition coefficient (Wildman–Crippen LogP) is 3.24. The Labute approximate surface area is 139 Å². The lowest BCUT2D eigenvalue weighted by molar-refractivity contribution is -0.135. The second-order valence-electron chi connectivity index (χ2n) is 6.00. The number of aromatic amines is 1. The number of aromatic nitrogens is 1. The van der Waals surface area contributed by atoms with E-state index in [-0.39, 0.29) is 18.2 Å². The number of carbonyl (C=O) groups is 2. The average molecular weight is 335 g/mol. The number of benzene rings is 1. The largest absolute Gasteiger partial charge is 0.451 e. The number of hydrogen-bond acceptors (Lipinski definition) is 3. The summed E-state index contributed by atoms with van der Waals surface area (Å²) in [6.07, 6.45) is 1.99. The first-order valence-electron chi connectivity index (χ1n) is 7.77. The van der Waals surface area contributed by atoms with Crippen LogP contribution in [0.4, 0.5) is 0 Å². The van der Waals surface area contributed by atoms with Crippen molar-refractivity contribution in [1.82, 2.24) is 9.88 Å². The maximum atomic E-state index is 12.2. The van der Waals surface area contributed by atoms with Gasteiger partial charge in [0.2, 0.25) is 0 Å². The number of ether oxygens (including phenoxy) is 1. The van der Waals surface area contributed by atoms with E-state index in [1.54, 1.807) is 4.90 Å². The number of piperidine rings is 1. The molecule has 0 aliphatic carbocycles. The molecule has 0 saturated carbocycles. The van der Waals surface area contributed by atoms with E-state index < -0.39 is 5.97 Å². The number of para-hydroxylation sites is 1. The lowest BCUT2D eigenvalue weighted by atomic mass is 9.99. The van der Waals surface area contributed by atoms with Crippen LogP contribution in [0.3, 0.4) is 0 Å². The SMILES string of the molecule is CC1CCN(C(=O)COC(=O)c2[nH]c3ccccc3c2Cl)CC1. The molecule has 23 heavy (non-hydrogen) atoms. The van der Waals surface area contributed by atoms with Crippen molar-refractivity contribution in [1.29, 1.82) is 0 Å². The van der Waals surface area contributed by atoms with Crippen molar-refractivity contribution in [2.75, 3.05) is 19.7 Å². The van der Waals surface area contributed by atoms with Gasteiger partial charge < -0.3 is 14.6 Å². The summed E-state index contributed by atoms with van der Waals surface area (Å²) in [7, 11) is 0. The smallest absolute Gasteiger partial charge is 0.356 e. The number of H-pyrrole nitrogens is 1. The van der Waals surface area contributed by atoms with Gasteiger partial charge >= 0.3 is 5.97 Å². The van der Waals surface area contributed by atoms with Crippen LogP contribution < -0.4 is 0 Å². The number of hydrogen-bond donors (Lipinski definition) is 1. The Kier molecular flexibility index (Phi) is 4.57. The Morgan fingerprint density at radius 1 is 1.30 bits per heavy atom. The third-order valence-electron chi connectivity index (χ3n) is 4.31. The zero-order valence-corrected chi connectivity index (χ0v) is 13.7. The van der Waals surface area contributed by atoms with Gasteiger partial charge in [-0.05, 0) is 24.8 Å². The van der Waals surface area contributed by atoms with Gasteiger partial charge in [0, 0.05) is 24.0 Å². The summed E-state index contributed by atoms with van der Waals surface area (Å²) in [5, 5.41) is 1.09. The van der Waals surface area contributed by atoms with Crippen LogP contribution in [-0.4, -0.2) is 41.5 Å². The molecule has 122 valence electrons. The average Bonchev–Trinajstić information content (AvgIpc) is 2.90. The third-order valence-corrected chi connectivity index (χ3v) is 4.70. The fourth-order valence-electron chi connectivity index (χ4n) is 2.80. The van der Waals surface area contributed by atoms with E-state index in [4.69, 9.17) is 16.3 Å². The minimum absolute atomic E-state index is 0.155. The fourth-order valence-corrected chi connectivity index (χ4v) is 3.09. The molecular formula is C17H19ClN2O3. The molecule has 5 nitrogen and oxygen atoms in total. The van der Waals surface area contributed by atoms with E-state index in [1.807, 2.05) is 24.3 Å². The summed E-state index contributed by atoms with van der Waals surface area (Å²) < 4.78 is 5.13. The van der Waals surface area contributed by atoms with E-state index in [9.17, 15) is 9.59 Å². The van der Waals surface area contributed by atoms with Crippen molar-refractivity contribution in [3.8, 4) is 0 Å². The lowest BCUT2D eigenvalue weighted by Gasteiger charge is -2.30. The second kappa shape index (κ2) is 6.62. The second-order valence-corrected chi connectivity index (χ2v) is 6.38. The molecular weight excluding hydrogens is 316 g/mol. The summed E-state index contributed by atoms with van der Waals surface area (Å²) in [6.45, 7) is 3.38. The molecule has 1 aliphatic rings. The normalized spacial score (nSPS) is 15.8. The van der Waals surface area contributed by atoms with Crippen LogP contribution in [0, 0.1) is 5.92 Å². The summed E-state index contributed by atoms with van der Waals surface area (Å²) >= 11 is 6.20. The summed E-state index contributed by atoms with van der Waals surface area (Å²) in [5.74, 6) is -0.117. The minimum atomic E-state index is -0.607. The quantitative estimate of drug-likeness (QED) is 0.876. The summed E-state index contributed by atoms with van der Waals surface area (Å²) in [6, 6.07) is 7.35. The zero-order chi connectivity index (χ0) is 16.4. The first-order chi connectivity index (χ1) is 11.1. The number of halogens is 1. The Balaban J connectivity index is 1.62. The van der Waals surface area contributed by atoms with Gasteiger partial charge in [0.05, 0.1) is 5.02 Å². The monoisotopic (exact) mass is 334 g/mol. The number of likely N-dealkylation sites (tertiary alicyclic amines) is 1. The number of carbonyl (C=O) groups excluding carboxylic acids is 2. The van der Waals surface area contributed by atoms with E-state index >= 15 is 0 Å². The zero-order valence-electron chi connectivity index (χ0n) is 13.0. The summed E-state index contributed by atoms with van der Waals surface area (Å²) in [4.78, 5) is 29.0. The van der Waals surface area contributed by atoms with Crippen molar-refractivity contribution < 1.29 is 14.3 Å². The molecule has 6 heteroatoms. The number of amides is 1. The Hall–Kier alpha value is -2.01. The van der Waals surface area contributed by atoms with Gasteiger partial charge in [-0.3, -0.25) is 4.79 Å². The van der Waals surface area contributed by atoms with Crippen molar-refractivity contribution in [3.63, 3.8) is 0 Å². The first-order valence-corrected chi connectivity index (χ1v) is 8.15. The third kappa shape index (κ3) is 3.34. The van der Waals surface area contributed by atoms with Crippen LogP contribution in [-0.2, 0) is 9.53 Å². The van der Waals surface area contributed by atoms with E-state index in [0.29, 0.717) is 10.9 Å². The molecule has 3 rings (SSSR count). The predicted molar refractivity (Wildman–Crippen MR) is 88.6 cm³/mol. The van der Waals surface area contributed by atoms with E-state index in [1.165, 1.54) is 0 Å². The maximum absolute atomic E-state index is 12.2. The van der Waals surface area contributed by atoms with Gasteiger partial charge in [0.15, 0.2) is 6.61 Å². The van der Waals surface area contributed by atoms with Crippen LogP contribution in [0.15, 0.2) is 24.3 Å². The number of nitrogens with one attached hydrogen (secondary N) is 1. The van der Waals surface area contributed by atoms with Crippen molar-refractivity contribution in [2.45, 2.75) is 19.8 Å². The summed E-state index contributed by atoms with van der Waals surface area (Å²) in [5.41, 5.74) is 0.953. The molecule has 1 aromatic carbocycles. The molecule has 0 atom stereocenters. The van der Waals surface area contributed by atoms with Gasteiger partial charge in [-0.15, -0.1) is 0 Å². The highest BCUT2D eigenvalue weighted by Gasteiger charge is 2.23. The topological polar surface area (TPSA) is 62.4 Å². The van der Waals surface area contributed by atoms with E-state index in [0.717, 1.165) is 36.8 Å². The van der Waals surface area contributed by atoms with Crippen molar-refractivity contribution in [2.24, 2.45) is 5.92 Å². The van der Waals surface area contributed by atoms with Gasteiger partial charge in [0.25, 0.3) is 5.91 Å². The number of esters is 1. The van der Waals surface area contributed by atoms with Crippen LogP contribution in [0.1, 0.15) is 30.3 Å². The minimum Gasteiger partial charge on any atom is -0.451 e. The molecule has 1 N–H and O–H groups in total. The molecule has 2 heterocycles. The lowest BCUT2D eigenvalue weighted by Crippen LogP contribution is -2.40. The number of nitrogens with zero attached hydrogens (tertiary/aromatic N) is 1. The highest BCUT2D eigenvalue weighted by atomic mass is 35.5. The van der Waals surface area contributed by atoms with Crippen molar-refractivity contribution in [3.05, 3.63) is 35.0 Å². The van der Waals surface area contributed by atoms with Gasteiger partial charge in [-0.25, -0.2) is 4.79 Å². The standard InChI is InChI=1S/C17H19ClN2O3/c1-11-6-8-20(9-7-11)14(21)10-23-17(22)16-15(18)12-4-2-3-5-13(12)19-16/h2-5,11,19H,6-10H2,1H3. The van der Waals surface area contributed by atoms with Crippen LogP contribution in [0.2, 0.25) is 5.02 Å². The number of fused-ring (bicyclic) bond motifs is 1. The molecule has 1 aromatic heterocycles. The number of rotatable bonds is 3. The Bertz CT molecular complexity index is 733. The maximum Gasteiger partial charge on any atom is 0.356 e. The molecule has 0 bridgehead atoms. The molecule has 1 amide bonds. The molecule has 0 spiro atoms. The molecule has 1 saturated heterocycles. The molecule has 1 aliphatic heterocycles. The van der Waals surface area contributed by atoms with Crippen LogP contribution >= 0.6 is 11.6 Å². The van der Waals surface area contributed by atoms with Gasteiger partial charge in [-0.2, -0.15) is 0 Å². The molecule has 1 fully saturated rings. The molecule has 0 unspecified atom stereocenters. The highest BCUT2D eigenvalue weighted by molar-refractivity contribution is 6.38. The van der Waals surface area contributed by atoms with Crippen molar-refractivity contribution >= 4 is 34.4 Å². The fraction of sp³-hybridized carbons (Fsp3) is 0.412.